The van der Waals surface area contributed by atoms with Crippen LogP contribution in [0, 0.1) is 0 Å². The highest BCUT2D eigenvalue weighted by Crippen LogP contribution is 2.40. The molecule has 3 aromatic carbocycles. The summed E-state index contributed by atoms with van der Waals surface area (Å²) < 4.78 is 10.6. The number of esters is 1. The number of methoxy groups -OCH3 is 1. The quantitative estimate of drug-likeness (QED) is 0.234. The Kier molecular flexibility index (Phi) is 6.53. The number of Topliss-reactive ketones (excluding diaryl/α,β-unsaturated/α-hetero) is 1. The topological polar surface area (TPSA) is 93.1 Å². The fourth-order valence-electron chi connectivity index (χ4n) is 5.00. The molecule has 37 heavy (non-hydrogen) atoms. The number of ketones is 1. The maximum absolute atomic E-state index is 13.3. The van der Waals surface area contributed by atoms with Crippen molar-refractivity contribution in [3.63, 3.8) is 0 Å². The third-order valence-corrected chi connectivity index (χ3v) is 6.84. The van der Waals surface area contributed by atoms with E-state index in [1.54, 1.807) is 36.4 Å². The molecular formula is C30H27NO6. The van der Waals surface area contributed by atoms with Crippen LogP contribution in [0.15, 0.2) is 78.4 Å². The van der Waals surface area contributed by atoms with Gasteiger partial charge in [0, 0.05) is 18.5 Å². The van der Waals surface area contributed by atoms with Crippen molar-refractivity contribution < 1.29 is 29.0 Å². The molecule has 1 amide bonds. The number of nitrogens with zero attached hydrogens (tertiary/aromatic N) is 1. The Bertz CT molecular complexity index is 1390. The maximum atomic E-state index is 13.3. The van der Waals surface area contributed by atoms with Gasteiger partial charge in [0.05, 0.1) is 24.3 Å². The van der Waals surface area contributed by atoms with E-state index >= 15 is 0 Å². The molecule has 0 spiro atoms. The number of carbonyl (C=O) groups is 3. The second-order valence-electron chi connectivity index (χ2n) is 9.30. The number of aliphatic hydroxyl groups is 1. The van der Waals surface area contributed by atoms with Crippen molar-refractivity contribution in [3.05, 3.63) is 106 Å². The zero-order valence-electron chi connectivity index (χ0n) is 20.6. The van der Waals surface area contributed by atoms with Gasteiger partial charge in [-0.3, -0.25) is 9.59 Å². The smallest absolute Gasteiger partial charge is 0.337 e. The molecule has 7 heteroatoms. The number of hydrogen-bond donors (Lipinski definition) is 1. The molecule has 2 aliphatic rings. The summed E-state index contributed by atoms with van der Waals surface area (Å²) in [5, 5.41) is 11.4. The van der Waals surface area contributed by atoms with Gasteiger partial charge in [-0.2, -0.15) is 0 Å². The van der Waals surface area contributed by atoms with Gasteiger partial charge in [0.1, 0.15) is 17.6 Å². The first-order chi connectivity index (χ1) is 17.9. The predicted octanol–water partition coefficient (Wildman–Crippen LogP) is 4.46. The van der Waals surface area contributed by atoms with Gasteiger partial charge in [0.25, 0.3) is 11.7 Å². The molecule has 1 saturated heterocycles. The molecule has 2 aliphatic heterocycles. The number of fused-ring (bicyclic) bond motifs is 1. The lowest BCUT2D eigenvalue weighted by Gasteiger charge is -2.25. The van der Waals surface area contributed by atoms with Crippen LogP contribution >= 0.6 is 0 Å². The van der Waals surface area contributed by atoms with Crippen LogP contribution in [0.1, 0.15) is 45.6 Å². The summed E-state index contributed by atoms with van der Waals surface area (Å²) in [5.74, 6) is -1.37. The Labute approximate surface area is 214 Å². The van der Waals surface area contributed by atoms with Gasteiger partial charge >= 0.3 is 5.97 Å². The van der Waals surface area contributed by atoms with Crippen LogP contribution in [0.4, 0.5) is 0 Å². The van der Waals surface area contributed by atoms with Gasteiger partial charge in [-0.05, 0) is 60.4 Å². The van der Waals surface area contributed by atoms with Crippen LogP contribution in [0.25, 0.3) is 5.76 Å². The van der Waals surface area contributed by atoms with E-state index in [2.05, 4.69) is 0 Å². The zero-order chi connectivity index (χ0) is 26.1. The number of likely N-dealkylation sites (tertiary alicyclic amines) is 1. The number of carbonyl (C=O) groups excluding carboxylic acids is 3. The zero-order valence-corrected chi connectivity index (χ0v) is 20.6. The largest absolute Gasteiger partial charge is 0.507 e. The van der Waals surface area contributed by atoms with E-state index in [0.717, 1.165) is 16.9 Å². The normalized spacial score (nSPS) is 20.0. The summed E-state index contributed by atoms with van der Waals surface area (Å²) >= 11 is 0. The molecule has 188 valence electrons. The van der Waals surface area contributed by atoms with Crippen LogP contribution in [0.5, 0.6) is 5.75 Å². The van der Waals surface area contributed by atoms with Crippen LogP contribution in [-0.4, -0.2) is 47.4 Å². The average molecular weight is 498 g/mol. The molecule has 1 fully saturated rings. The first-order valence-electron chi connectivity index (χ1n) is 12.2. The minimum atomic E-state index is -0.807. The molecule has 2 unspecified atom stereocenters. The molecule has 0 saturated carbocycles. The van der Waals surface area contributed by atoms with Gasteiger partial charge in [0.2, 0.25) is 0 Å². The first kappa shape index (κ1) is 24.3. The Morgan fingerprint density at radius 2 is 1.73 bits per heavy atom. The highest BCUT2D eigenvalue weighted by Gasteiger charge is 2.46. The molecule has 0 aromatic heterocycles. The van der Waals surface area contributed by atoms with E-state index in [4.69, 9.17) is 9.47 Å². The third-order valence-electron chi connectivity index (χ3n) is 6.84. The number of hydrogen-bond acceptors (Lipinski definition) is 6. The summed E-state index contributed by atoms with van der Waals surface area (Å²) in [5.41, 5.74) is 3.40. The Morgan fingerprint density at radius 3 is 2.43 bits per heavy atom. The standard InChI is InChI=1S/C30H27NO6/c1-18-16-23-17-22(12-13-24(23)37-18)27(32)25-26(20-8-10-21(11-9-20)30(35)36-2)31(29(34)28(25)33)15-14-19-6-4-3-5-7-19/h3-13,17-18,26,32H,14-16H2,1-2H3. The Hall–Kier alpha value is -4.39. The minimum absolute atomic E-state index is 0.0239. The van der Waals surface area contributed by atoms with Crippen molar-refractivity contribution in [2.24, 2.45) is 0 Å². The van der Waals surface area contributed by atoms with Gasteiger partial charge in [-0.1, -0.05) is 42.5 Å². The molecule has 7 nitrogen and oxygen atoms in total. The van der Waals surface area contributed by atoms with Crippen LogP contribution < -0.4 is 4.74 Å². The minimum Gasteiger partial charge on any atom is -0.507 e. The lowest BCUT2D eigenvalue weighted by molar-refractivity contribution is -0.139. The third kappa shape index (κ3) is 4.60. The van der Waals surface area contributed by atoms with Crippen LogP contribution in [-0.2, 0) is 27.2 Å². The molecule has 2 atom stereocenters. The van der Waals surface area contributed by atoms with Crippen molar-refractivity contribution in [1.29, 1.82) is 0 Å². The van der Waals surface area contributed by atoms with Gasteiger partial charge < -0.3 is 19.5 Å². The van der Waals surface area contributed by atoms with E-state index in [-0.39, 0.29) is 24.0 Å². The lowest BCUT2D eigenvalue weighted by Crippen LogP contribution is -2.31. The molecule has 0 bridgehead atoms. The molecule has 2 heterocycles. The molecule has 5 rings (SSSR count). The number of rotatable bonds is 6. The SMILES string of the molecule is COC(=O)c1ccc(C2C(=C(O)c3ccc4c(c3)CC(C)O4)C(=O)C(=O)N2CCc2ccccc2)cc1. The van der Waals surface area contributed by atoms with E-state index in [1.807, 2.05) is 43.3 Å². The van der Waals surface area contributed by atoms with Crippen LogP contribution in [0.2, 0.25) is 0 Å². The number of benzene rings is 3. The summed E-state index contributed by atoms with van der Waals surface area (Å²) in [6, 6.07) is 20.7. The predicted molar refractivity (Wildman–Crippen MR) is 137 cm³/mol. The molecule has 1 N–H and O–H groups in total. The van der Waals surface area contributed by atoms with Gasteiger partial charge in [0.15, 0.2) is 0 Å². The van der Waals surface area contributed by atoms with Crippen LogP contribution in [0.3, 0.4) is 0 Å². The highest BCUT2D eigenvalue weighted by atomic mass is 16.5. The average Bonchev–Trinajstić information content (AvgIpc) is 3.42. The Balaban J connectivity index is 1.57. The Morgan fingerprint density at radius 1 is 1.03 bits per heavy atom. The summed E-state index contributed by atoms with van der Waals surface area (Å²) in [6.45, 7) is 2.25. The fourth-order valence-corrected chi connectivity index (χ4v) is 5.00. The summed E-state index contributed by atoms with van der Waals surface area (Å²) in [4.78, 5) is 40.0. The van der Waals surface area contributed by atoms with Crippen molar-refractivity contribution >= 4 is 23.4 Å². The van der Waals surface area contributed by atoms with Crippen molar-refractivity contribution in [3.8, 4) is 5.75 Å². The van der Waals surface area contributed by atoms with E-state index in [0.29, 0.717) is 29.5 Å². The second-order valence-corrected chi connectivity index (χ2v) is 9.30. The second kappa shape index (κ2) is 9.93. The molecule has 0 radical (unpaired) electrons. The molecular weight excluding hydrogens is 470 g/mol. The maximum Gasteiger partial charge on any atom is 0.337 e. The van der Waals surface area contributed by atoms with Crippen molar-refractivity contribution in [2.45, 2.75) is 31.9 Å². The highest BCUT2D eigenvalue weighted by molar-refractivity contribution is 6.46. The number of aliphatic hydroxyl groups excluding tert-OH is 1. The van der Waals surface area contributed by atoms with Gasteiger partial charge in [-0.25, -0.2) is 4.79 Å². The number of amides is 1. The number of ether oxygens (including phenoxy) is 2. The molecule has 3 aromatic rings. The monoisotopic (exact) mass is 497 g/mol. The lowest BCUT2D eigenvalue weighted by atomic mass is 9.93. The summed E-state index contributed by atoms with van der Waals surface area (Å²) in [7, 11) is 1.30. The van der Waals surface area contributed by atoms with E-state index < -0.39 is 23.7 Å². The van der Waals surface area contributed by atoms with Crippen molar-refractivity contribution in [1.82, 2.24) is 4.90 Å². The first-order valence-corrected chi connectivity index (χ1v) is 12.2. The van der Waals surface area contributed by atoms with Crippen molar-refractivity contribution in [2.75, 3.05) is 13.7 Å². The molecule has 0 aliphatic carbocycles. The van der Waals surface area contributed by atoms with E-state index in [1.165, 1.54) is 12.0 Å². The van der Waals surface area contributed by atoms with Gasteiger partial charge in [-0.15, -0.1) is 0 Å². The summed E-state index contributed by atoms with van der Waals surface area (Å²) in [6.07, 6.45) is 1.27. The van der Waals surface area contributed by atoms with E-state index in [9.17, 15) is 19.5 Å². The fraction of sp³-hybridized carbons (Fsp3) is 0.233.